The maximum Gasteiger partial charge on any atom is 0.240 e. The smallest absolute Gasteiger partial charge is 0.240 e. The van der Waals surface area contributed by atoms with Crippen molar-refractivity contribution in [1.29, 1.82) is 0 Å². The van der Waals surface area contributed by atoms with Crippen LogP contribution in [0.5, 0.6) is 0 Å². The zero-order valence-electron chi connectivity index (χ0n) is 11.9. The Balaban J connectivity index is 1.99. The Morgan fingerprint density at radius 2 is 2.05 bits per heavy atom. The number of nitrogens with zero attached hydrogens (tertiary/aromatic N) is 1. The fourth-order valence-corrected chi connectivity index (χ4v) is 3.71. The molecular weight excluding hydrogens is 274 g/mol. The van der Waals surface area contributed by atoms with Crippen LogP contribution >= 0.6 is 0 Å². The molecule has 1 aliphatic heterocycles. The average Bonchev–Trinajstić information content (AvgIpc) is 2.93. The summed E-state index contributed by atoms with van der Waals surface area (Å²) in [6.45, 7) is 5.04. The van der Waals surface area contributed by atoms with Crippen LogP contribution in [0.3, 0.4) is 0 Å². The van der Waals surface area contributed by atoms with E-state index in [0.717, 1.165) is 31.5 Å². The third-order valence-corrected chi connectivity index (χ3v) is 5.32. The Hall–Kier alpha value is -0.950. The summed E-state index contributed by atoms with van der Waals surface area (Å²) in [6, 6.07) is 7.04. The number of sulfonamides is 1. The van der Waals surface area contributed by atoms with Crippen molar-refractivity contribution in [3.05, 3.63) is 29.8 Å². The molecule has 0 spiro atoms. The summed E-state index contributed by atoms with van der Waals surface area (Å²) >= 11 is 0. The lowest BCUT2D eigenvalue weighted by Gasteiger charge is -2.22. The molecule has 1 saturated heterocycles. The van der Waals surface area contributed by atoms with Crippen molar-refractivity contribution in [1.82, 2.24) is 9.62 Å². The highest BCUT2D eigenvalue weighted by Crippen LogP contribution is 2.17. The Morgan fingerprint density at radius 1 is 1.35 bits per heavy atom. The Kier molecular flexibility index (Phi) is 5.15. The first kappa shape index (κ1) is 15.4. The minimum atomic E-state index is -3.42. The van der Waals surface area contributed by atoms with Crippen LogP contribution in [0.2, 0.25) is 0 Å². The molecule has 0 aromatic heterocycles. The van der Waals surface area contributed by atoms with Crippen LogP contribution in [0, 0.1) is 0 Å². The van der Waals surface area contributed by atoms with Gasteiger partial charge in [0.15, 0.2) is 0 Å². The summed E-state index contributed by atoms with van der Waals surface area (Å²) in [5.41, 5.74) is 6.44. The second-order valence-corrected chi connectivity index (χ2v) is 6.89. The fraction of sp³-hybridized carbons (Fsp3) is 0.571. The number of likely N-dealkylation sites (tertiary alicyclic amines) is 1. The zero-order valence-corrected chi connectivity index (χ0v) is 12.7. The molecule has 1 unspecified atom stereocenters. The molecule has 1 aliphatic rings. The molecule has 5 nitrogen and oxygen atoms in total. The number of rotatable bonds is 6. The topological polar surface area (TPSA) is 75.4 Å². The highest BCUT2D eigenvalue weighted by Gasteiger charge is 2.24. The molecular formula is C14H23N3O2S. The van der Waals surface area contributed by atoms with Crippen molar-refractivity contribution in [2.45, 2.75) is 37.2 Å². The van der Waals surface area contributed by atoms with Crippen LogP contribution in [0.4, 0.5) is 0 Å². The minimum Gasteiger partial charge on any atom is -0.326 e. The van der Waals surface area contributed by atoms with E-state index < -0.39 is 10.0 Å². The first-order valence-electron chi connectivity index (χ1n) is 7.09. The van der Waals surface area contributed by atoms with Gasteiger partial charge in [0, 0.05) is 19.1 Å². The molecule has 112 valence electrons. The van der Waals surface area contributed by atoms with Gasteiger partial charge in [-0.05, 0) is 43.6 Å². The third kappa shape index (κ3) is 3.58. The number of benzene rings is 1. The quantitative estimate of drug-likeness (QED) is 0.818. The van der Waals surface area contributed by atoms with Gasteiger partial charge >= 0.3 is 0 Å². The summed E-state index contributed by atoms with van der Waals surface area (Å²) in [7, 11) is -3.42. The van der Waals surface area contributed by atoms with Crippen LogP contribution in [-0.4, -0.2) is 39.0 Å². The number of hydrogen-bond donors (Lipinski definition) is 2. The van der Waals surface area contributed by atoms with Crippen LogP contribution in [-0.2, 0) is 16.6 Å². The van der Waals surface area contributed by atoms with Gasteiger partial charge in [-0.25, -0.2) is 13.1 Å². The van der Waals surface area contributed by atoms with Gasteiger partial charge in [-0.2, -0.15) is 0 Å². The number of nitrogens with one attached hydrogen (secondary N) is 1. The monoisotopic (exact) mass is 297 g/mol. The van der Waals surface area contributed by atoms with E-state index in [9.17, 15) is 8.42 Å². The van der Waals surface area contributed by atoms with E-state index in [4.69, 9.17) is 5.73 Å². The molecule has 0 bridgehead atoms. The second kappa shape index (κ2) is 6.67. The SMILES string of the molecule is CCN1CCCC1CNS(=O)(=O)c1ccc(CN)cc1. The normalized spacial score (nSPS) is 20.4. The van der Waals surface area contributed by atoms with Gasteiger partial charge in [0.2, 0.25) is 10.0 Å². The molecule has 1 heterocycles. The highest BCUT2D eigenvalue weighted by molar-refractivity contribution is 7.89. The maximum absolute atomic E-state index is 12.2. The van der Waals surface area contributed by atoms with Gasteiger partial charge in [-0.3, -0.25) is 4.90 Å². The summed E-state index contributed by atoms with van der Waals surface area (Å²) in [6.07, 6.45) is 2.20. The molecule has 0 radical (unpaired) electrons. The maximum atomic E-state index is 12.2. The molecule has 1 aromatic carbocycles. The summed E-state index contributed by atoms with van der Waals surface area (Å²) < 4.78 is 27.2. The van der Waals surface area contributed by atoms with Crippen LogP contribution in [0.25, 0.3) is 0 Å². The fourth-order valence-electron chi connectivity index (χ4n) is 2.64. The van der Waals surface area contributed by atoms with Crippen molar-refractivity contribution in [2.24, 2.45) is 5.73 Å². The van der Waals surface area contributed by atoms with Crippen molar-refractivity contribution >= 4 is 10.0 Å². The second-order valence-electron chi connectivity index (χ2n) is 5.12. The molecule has 1 aromatic rings. The predicted octanol–water partition coefficient (Wildman–Crippen LogP) is 0.908. The van der Waals surface area contributed by atoms with Crippen LogP contribution < -0.4 is 10.5 Å². The van der Waals surface area contributed by atoms with Crippen molar-refractivity contribution in [2.75, 3.05) is 19.6 Å². The van der Waals surface area contributed by atoms with Crippen molar-refractivity contribution in [3.63, 3.8) is 0 Å². The third-order valence-electron chi connectivity index (χ3n) is 3.88. The first-order valence-corrected chi connectivity index (χ1v) is 8.58. The largest absolute Gasteiger partial charge is 0.326 e. The van der Waals surface area contributed by atoms with E-state index in [1.54, 1.807) is 24.3 Å². The Morgan fingerprint density at radius 3 is 2.65 bits per heavy atom. The number of likely N-dealkylation sites (N-methyl/N-ethyl adjacent to an activating group) is 1. The average molecular weight is 297 g/mol. The van der Waals surface area contributed by atoms with Crippen molar-refractivity contribution < 1.29 is 8.42 Å². The predicted molar refractivity (Wildman–Crippen MR) is 79.8 cm³/mol. The standard InChI is InChI=1S/C14H23N3O2S/c1-2-17-9-3-4-13(17)11-16-20(18,19)14-7-5-12(10-15)6-8-14/h5-8,13,16H,2-4,9-11,15H2,1H3. The molecule has 0 amide bonds. The Labute approximate surface area is 121 Å². The first-order chi connectivity index (χ1) is 9.56. The summed E-state index contributed by atoms with van der Waals surface area (Å²) in [4.78, 5) is 2.62. The van der Waals surface area contributed by atoms with Gasteiger partial charge in [-0.1, -0.05) is 19.1 Å². The van der Waals surface area contributed by atoms with Gasteiger partial charge in [-0.15, -0.1) is 0 Å². The van der Waals surface area contributed by atoms with Gasteiger partial charge in [0.05, 0.1) is 4.90 Å². The van der Waals surface area contributed by atoms with E-state index in [2.05, 4.69) is 16.5 Å². The van der Waals surface area contributed by atoms with Gasteiger partial charge in [0.25, 0.3) is 0 Å². The van der Waals surface area contributed by atoms with E-state index in [-0.39, 0.29) is 0 Å². The lowest BCUT2D eigenvalue weighted by molar-refractivity contribution is 0.268. The highest BCUT2D eigenvalue weighted by atomic mass is 32.2. The van der Waals surface area contributed by atoms with Crippen LogP contribution in [0.1, 0.15) is 25.3 Å². The molecule has 0 aliphatic carbocycles. The van der Waals surface area contributed by atoms with Gasteiger partial charge in [0.1, 0.15) is 0 Å². The molecule has 1 fully saturated rings. The molecule has 1 atom stereocenters. The van der Waals surface area contributed by atoms with Gasteiger partial charge < -0.3 is 5.73 Å². The molecule has 2 rings (SSSR count). The van der Waals surface area contributed by atoms with E-state index in [0.29, 0.717) is 24.0 Å². The van der Waals surface area contributed by atoms with E-state index >= 15 is 0 Å². The van der Waals surface area contributed by atoms with Crippen molar-refractivity contribution in [3.8, 4) is 0 Å². The molecule has 20 heavy (non-hydrogen) atoms. The summed E-state index contributed by atoms with van der Waals surface area (Å²) in [5, 5.41) is 0. The molecule has 3 N–H and O–H groups in total. The zero-order chi connectivity index (χ0) is 14.6. The van der Waals surface area contributed by atoms with Crippen LogP contribution in [0.15, 0.2) is 29.2 Å². The molecule has 6 heteroatoms. The number of hydrogen-bond acceptors (Lipinski definition) is 4. The summed E-state index contributed by atoms with van der Waals surface area (Å²) in [5.74, 6) is 0. The number of nitrogens with two attached hydrogens (primary N) is 1. The van der Waals surface area contributed by atoms with E-state index in [1.165, 1.54) is 0 Å². The molecule has 0 saturated carbocycles. The Bertz CT molecular complexity index is 528. The van der Waals surface area contributed by atoms with E-state index in [1.807, 2.05) is 0 Å². The minimum absolute atomic E-state index is 0.302. The lowest BCUT2D eigenvalue weighted by atomic mass is 10.2. The lowest BCUT2D eigenvalue weighted by Crippen LogP contribution is -2.39.